The predicted molar refractivity (Wildman–Crippen MR) is 90.7 cm³/mol. The standard InChI is InChI=1S/C17H17ClN2O3/c1-10-5-3-6-12(16(10)19)17(22)23-9-15(21)20-14-8-4-7-13(18)11(14)2/h3-8H,9,19H2,1-2H3,(H,20,21). The van der Waals surface area contributed by atoms with Gasteiger partial charge < -0.3 is 15.8 Å². The van der Waals surface area contributed by atoms with Crippen molar-refractivity contribution in [1.29, 1.82) is 0 Å². The minimum absolute atomic E-state index is 0.247. The number of nitrogens with one attached hydrogen (secondary N) is 1. The van der Waals surface area contributed by atoms with Crippen LogP contribution < -0.4 is 11.1 Å². The monoisotopic (exact) mass is 332 g/mol. The second-order valence-corrected chi connectivity index (χ2v) is 5.48. The highest BCUT2D eigenvalue weighted by molar-refractivity contribution is 6.31. The summed E-state index contributed by atoms with van der Waals surface area (Å²) in [6, 6.07) is 10.2. The number of rotatable bonds is 4. The molecule has 3 N–H and O–H groups in total. The number of esters is 1. The number of ether oxygens (including phenoxy) is 1. The van der Waals surface area contributed by atoms with Gasteiger partial charge in [0.25, 0.3) is 5.91 Å². The average molecular weight is 333 g/mol. The number of benzene rings is 2. The Morgan fingerprint density at radius 3 is 2.61 bits per heavy atom. The van der Waals surface area contributed by atoms with E-state index in [1.54, 1.807) is 50.2 Å². The Morgan fingerprint density at radius 1 is 1.17 bits per heavy atom. The SMILES string of the molecule is Cc1cccc(C(=O)OCC(=O)Nc2cccc(Cl)c2C)c1N. The number of anilines is 2. The van der Waals surface area contributed by atoms with Crippen molar-refractivity contribution < 1.29 is 14.3 Å². The molecule has 0 atom stereocenters. The lowest BCUT2D eigenvalue weighted by molar-refractivity contribution is -0.119. The highest BCUT2D eigenvalue weighted by Gasteiger charge is 2.14. The number of aryl methyl sites for hydroxylation is 1. The van der Waals surface area contributed by atoms with Crippen LogP contribution in [0.4, 0.5) is 11.4 Å². The lowest BCUT2D eigenvalue weighted by Crippen LogP contribution is -2.21. The average Bonchev–Trinajstić information content (AvgIpc) is 2.52. The van der Waals surface area contributed by atoms with E-state index in [-0.39, 0.29) is 5.56 Å². The van der Waals surface area contributed by atoms with Crippen LogP contribution in [0.3, 0.4) is 0 Å². The van der Waals surface area contributed by atoms with Gasteiger partial charge in [0, 0.05) is 16.4 Å². The van der Waals surface area contributed by atoms with E-state index in [2.05, 4.69) is 5.32 Å². The summed E-state index contributed by atoms with van der Waals surface area (Å²) in [7, 11) is 0. The summed E-state index contributed by atoms with van der Waals surface area (Å²) in [5, 5.41) is 3.20. The van der Waals surface area contributed by atoms with Crippen molar-refractivity contribution in [2.24, 2.45) is 0 Å². The molecule has 0 aliphatic rings. The Hall–Kier alpha value is -2.53. The van der Waals surface area contributed by atoms with Crippen molar-refractivity contribution in [3.05, 3.63) is 58.1 Å². The molecule has 1 amide bonds. The first-order valence-electron chi connectivity index (χ1n) is 6.97. The molecule has 0 aliphatic heterocycles. The van der Waals surface area contributed by atoms with Crippen LogP contribution in [0.1, 0.15) is 21.5 Å². The maximum absolute atomic E-state index is 12.0. The van der Waals surface area contributed by atoms with E-state index in [9.17, 15) is 9.59 Å². The molecule has 0 unspecified atom stereocenters. The molecule has 0 bridgehead atoms. The van der Waals surface area contributed by atoms with Crippen LogP contribution in [-0.4, -0.2) is 18.5 Å². The summed E-state index contributed by atoms with van der Waals surface area (Å²) in [6.07, 6.45) is 0. The Labute approximate surface area is 139 Å². The Balaban J connectivity index is 1.98. The molecule has 120 valence electrons. The molecule has 0 saturated carbocycles. The van der Waals surface area contributed by atoms with E-state index in [1.807, 2.05) is 0 Å². The number of carbonyl (C=O) groups excluding carboxylic acids is 2. The van der Waals surface area contributed by atoms with Gasteiger partial charge in [-0.2, -0.15) is 0 Å². The van der Waals surface area contributed by atoms with Gasteiger partial charge in [0.1, 0.15) is 0 Å². The summed E-state index contributed by atoms with van der Waals surface area (Å²) in [5.74, 6) is -1.08. The summed E-state index contributed by atoms with van der Waals surface area (Å²) >= 11 is 5.99. The maximum Gasteiger partial charge on any atom is 0.340 e. The number of nitrogens with two attached hydrogens (primary N) is 1. The second kappa shape index (κ2) is 7.15. The van der Waals surface area contributed by atoms with Gasteiger partial charge in [-0.25, -0.2) is 4.79 Å². The molecular weight excluding hydrogens is 316 g/mol. The van der Waals surface area contributed by atoms with Crippen molar-refractivity contribution >= 4 is 34.9 Å². The maximum atomic E-state index is 12.0. The highest BCUT2D eigenvalue weighted by atomic mass is 35.5. The number of carbonyl (C=O) groups is 2. The quantitative estimate of drug-likeness (QED) is 0.664. The van der Waals surface area contributed by atoms with Gasteiger partial charge in [-0.1, -0.05) is 29.8 Å². The van der Waals surface area contributed by atoms with Crippen molar-refractivity contribution in [2.75, 3.05) is 17.7 Å². The molecule has 2 aromatic rings. The van der Waals surface area contributed by atoms with Crippen LogP contribution in [0.2, 0.25) is 5.02 Å². The lowest BCUT2D eigenvalue weighted by Gasteiger charge is -2.11. The van der Waals surface area contributed by atoms with Crippen molar-refractivity contribution in [2.45, 2.75) is 13.8 Å². The number of nitrogen functional groups attached to an aromatic ring is 1. The number of amides is 1. The fraction of sp³-hybridized carbons (Fsp3) is 0.176. The van der Waals surface area contributed by atoms with E-state index >= 15 is 0 Å². The third kappa shape index (κ3) is 4.02. The molecular formula is C17H17ClN2O3. The molecule has 0 fully saturated rings. The predicted octanol–water partition coefficient (Wildman–Crippen LogP) is 3.33. The second-order valence-electron chi connectivity index (χ2n) is 5.07. The lowest BCUT2D eigenvalue weighted by atomic mass is 10.1. The first-order chi connectivity index (χ1) is 10.9. The number of halogens is 1. The van der Waals surface area contributed by atoms with Gasteiger partial charge >= 0.3 is 5.97 Å². The zero-order chi connectivity index (χ0) is 17.0. The molecule has 0 spiro atoms. The molecule has 0 heterocycles. The highest BCUT2D eigenvalue weighted by Crippen LogP contribution is 2.23. The van der Waals surface area contributed by atoms with Gasteiger partial charge in [-0.3, -0.25) is 4.79 Å². The van der Waals surface area contributed by atoms with Crippen molar-refractivity contribution in [3.63, 3.8) is 0 Å². The van der Waals surface area contributed by atoms with Crippen LogP contribution in [0.5, 0.6) is 0 Å². The Kier molecular flexibility index (Phi) is 5.24. The molecule has 2 aromatic carbocycles. The third-order valence-electron chi connectivity index (χ3n) is 3.42. The van der Waals surface area contributed by atoms with E-state index < -0.39 is 18.5 Å². The van der Waals surface area contributed by atoms with Crippen molar-refractivity contribution in [1.82, 2.24) is 0 Å². The largest absolute Gasteiger partial charge is 0.452 e. The first kappa shape index (κ1) is 16.8. The fourth-order valence-corrected chi connectivity index (χ4v) is 2.17. The van der Waals surface area contributed by atoms with Crippen molar-refractivity contribution in [3.8, 4) is 0 Å². The van der Waals surface area contributed by atoms with Crippen LogP contribution in [0.15, 0.2) is 36.4 Å². The summed E-state index contributed by atoms with van der Waals surface area (Å²) < 4.78 is 5.00. The Morgan fingerprint density at radius 2 is 1.87 bits per heavy atom. The Bertz CT molecular complexity index is 759. The molecule has 23 heavy (non-hydrogen) atoms. The molecule has 0 aromatic heterocycles. The summed E-state index contributed by atoms with van der Waals surface area (Å²) in [4.78, 5) is 23.9. The van der Waals surface area contributed by atoms with E-state index in [0.717, 1.165) is 11.1 Å². The molecule has 6 heteroatoms. The van der Waals surface area contributed by atoms with E-state index in [1.165, 1.54) is 0 Å². The zero-order valence-corrected chi connectivity index (χ0v) is 13.6. The van der Waals surface area contributed by atoms with Gasteiger partial charge in [-0.05, 0) is 43.2 Å². The molecule has 2 rings (SSSR count). The minimum atomic E-state index is -0.635. The van der Waals surface area contributed by atoms with Crippen LogP contribution in [0.25, 0.3) is 0 Å². The first-order valence-corrected chi connectivity index (χ1v) is 7.35. The van der Waals surface area contributed by atoms with Crippen LogP contribution >= 0.6 is 11.6 Å². The summed E-state index contributed by atoms with van der Waals surface area (Å²) in [6.45, 7) is 3.18. The molecule has 0 saturated heterocycles. The minimum Gasteiger partial charge on any atom is -0.452 e. The number of hydrogen-bond donors (Lipinski definition) is 2. The molecule has 0 radical (unpaired) electrons. The molecule has 0 aliphatic carbocycles. The smallest absolute Gasteiger partial charge is 0.340 e. The normalized spacial score (nSPS) is 10.2. The zero-order valence-electron chi connectivity index (χ0n) is 12.9. The van der Waals surface area contributed by atoms with Gasteiger partial charge in [-0.15, -0.1) is 0 Å². The van der Waals surface area contributed by atoms with Gasteiger partial charge in [0.15, 0.2) is 6.61 Å². The number of hydrogen-bond acceptors (Lipinski definition) is 4. The number of para-hydroxylation sites is 1. The third-order valence-corrected chi connectivity index (χ3v) is 3.83. The summed E-state index contributed by atoms with van der Waals surface area (Å²) in [5.41, 5.74) is 8.53. The van der Waals surface area contributed by atoms with E-state index in [0.29, 0.717) is 16.4 Å². The fourth-order valence-electron chi connectivity index (χ4n) is 2.00. The van der Waals surface area contributed by atoms with Crippen LogP contribution in [-0.2, 0) is 9.53 Å². The van der Waals surface area contributed by atoms with Gasteiger partial charge in [0.2, 0.25) is 0 Å². The topological polar surface area (TPSA) is 81.4 Å². The van der Waals surface area contributed by atoms with E-state index in [4.69, 9.17) is 22.1 Å². The van der Waals surface area contributed by atoms with Gasteiger partial charge in [0.05, 0.1) is 5.56 Å². The van der Waals surface area contributed by atoms with Crippen LogP contribution in [0, 0.1) is 13.8 Å². The molecule has 5 nitrogen and oxygen atoms in total.